The van der Waals surface area contributed by atoms with Crippen LogP contribution in [0.25, 0.3) is 0 Å². The number of methoxy groups -OCH3 is 1. The van der Waals surface area contributed by atoms with Gasteiger partial charge in [0.2, 0.25) is 5.89 Å². The van der Waals surface area contributed by atoms with Crippen LogP contribution in [0.3, 0.4) is 0 Å². The van der Waals surface area contributed by atoms with E-state index in [2.05, 4.69) is 10.1 Å². The summed E-state index contributed by atoms with van der Waals surface area (Å²) in [5, 5.41) is 4.56. The minimum absolute atomic E-state index is 0.149. The summed E-state index contributed by atoms with van der Waals surface area (Å²) in [6.45, 7) is 0.478. The Morgan fingerprint density at radius 2 is 1.93 bits per heavy atom. The van der Waals surface area contributed by atoms with E-state index in [-0.39, 0.29) is 4.90 Å². The van der Waals surface area contributed by atoms with Crippen LogP contribution < -0.4 is 9.47 Å². The van der Waals surface area contributed by atoms with E-state index in [1.54, 1.807) is 18.2 Å². The molecule has 0 fully saturated rings. The quantitative estimate of drug-likeness (QED) is 0.472. The SMILES string of the molecule is COc1cc(Cc2noc(CCCOc3ccccc3Cl)n2)ccc1S(C)(=O)=O. The third-order valence-electron chi connectivity index (χ3n) is 4.13. The molecule has 2 aromatic carbocycles. The summed E-state index contributed by atoms with van der Waals surface area (Å²) in [4.78, 5) is 4.53. The van der Waals surface area contributed by atoms with Gasteiger partial charge in [0.15, 0.2) is 15.7 Å². The molecule has 29 heavy (non-hydrogen) atoms. The molecule has 0 N–H and O–H groups in total. The molecule has 3 aromatic rings. The number of ether oxygens (including phenoxy) is 2. The number of benzene rings is 2. The molecular weight excluding hydrogens is 416 g/mol. The van der Waals surface area contributed by atoms with E-state index in [0.717, 1.165) is 11.8 Å². The van der Waals surface area contributed by atoms with Crippen molar-refractivity contribution in [3.8, 4) is 11.5 Å². The van der Waals surface area contributed by atoms with Crippen molar-refractivity contribution in [1.82, 2.24) is 10.1 Å². The van der Waals surface area contributed by atoms with Crippen LogP contribution in [-0.4, -0.2) is 38.5 Å². The molecule has 0 bridgehead atoms. The Kier molecular flexibility index (Phi) is 6.76. The normalized spacial score (nSPS) is 11.4. The van der Waals surface area contributed by atoms with Crippen molar-refractivity contribution in [2.75, 3.05) is 20.0 Å². The average Bonchev–Trinajstić information content (AvgIpc) is 3.12. The lowest BCUT2D eigenvalue weighted by molar-refractivity contribution is 0.298. The fraction of sp³-hybridized carbons (Fsp3) is 0.300. The molecule has 7 nitrogen and oxygen atoms in total. The zero-order valence-electron chi connectivity index (χ0n) is 16.1. The van der Waals surface area contributed by atoms with Gasteiger partial charge in [-0.1, -0.05) is 35.0 Å². The van der Waals surface area contributed by atoms with Gasteiger partial charge in [-0.15, -0.1) is 0 Å². The molecule has 154 valence electrons. The Morgan fingerprint density at radius 3 is 2.66 bits per heavy atom. The van der Waals surface area contributed by atoms with Crippen molar-refractivity contribution >= 4 is 21.4 Å². The van der Waals surface area contributed by atoms with Gasteiger partial charge < -0.3 is 14.0 Å². The lowest BCUT2D eigenvalue weighted by Crippen LogP contribution is -2.02. The number of hydrogen-bond acceptors (Lipinski definition) is 7. The second-order valence-electron chi connectivity index (χ2n) is 6.42. The van der Waals surface area contributed by atoms with Gasteiger partial charge in [-0.05, 0) is 36.2 Å². The monoisotopic (exact) mass is 436 g/mol. The fourth-order valence-electron chi connectivity index (χ4n) is 2.74. The van der Waals surface area contributed by atoms with E-state index in [1.165, 1.54) is 13.2 Å². The van der Waals surface area contributed by atoms with Crippen LogP contribution in [0.15, 0.2) is 51.9 Å². The van der Waals surface area contributed by atoms with Crippen LogP contribution in [0.2, 0.25) is 5.02 Å². The molecule has 1 aromatic heterocycles. The highest BCUT2D eigenvalue weighted by Crippen LogP contribution is 2.26. The molecule has 0 aliphatic heterocycles. The minimum atomic E-state index is -3.36. The number of rotatable bonds is 9. The zero-order valence-corrected chi connectivity index (χ0v) is 17.7. The first-order valence-electron chi connectivity index (χ1n) is 8.92. The van der Waals surface area contributed by atoms with E-state index in [4.69, 9.17) is 25.6 Å². The Morgan fingerprint density at radius 1 is 1.14 bits per heavy atom. The van der Waals surface area contributed by atoms with Crippen molar-refractivity contribution < 1.29 is 22.4 Å². The first-order chi connectivity index (χ1) is 13.9. The second kappa shape index (κ2) is 9.28. The smallest absolute Gasteiger partial charge is 0.226 e. The second-order valence-corrected chi connectivity index (χ2v) is 8.81. The van der Waals surface area contributed by atoms with E-state index >= 15 is 0 Å². The first kappa shape index (κ1) is 21.1. The van der Waals surface area contributed by atoms with Crippen molar-refractivity contribution in [2.24, 2.45) is 0 Å². The maximum absolute atomic E-state index is 11.8. The van der Waals surface area contributed by atoms with E-state index in [0.29, 0.717) is 54.1 Å². The Bertz CT molecular complexity index is 1080. The molecule has 9 heteroatoms. The summed E-state index contributed by atoms with van der Waals surface area (Å²) in [6.07, 6.45) is 2.82. The maximum Gasteiger partial charge on any atom is 0.226 e. The first-order valence-corrected chi connectivity index (χ1v) is 11.2. The van der Waals surface area contributed by atoms with Crippen LogP contribution >= 0.6 is 11.6 Å². The van der Waals surface area contributed by atoms with Crippen LogP contribution in [0, 0.1) is 0 Å². The van der Waals surface area contributed by atoms with E-state index in [1.807, 2.05) is 18.2 Å². The zero-order chi connectivity index (χ0) is 20.9. The predicted molar refractivity (Wildman–Crippen MR) is 108 cm³/mol. The van der Waals surface area contributed by atoms with E-state index < -0.39 is 9.84 Å². The summed E-state index contributed by atoms with van der Waals surface area (Å²) in [6, 6.07) is 12.2. The number of nitrogens with zero attached hydrogens (tertiary/aromatic N) is 2. The van der Waals surface area contributed by atoms with Crippen LogP contribution in [0.5, 0.6) is 11.5 Å². The molecule has 3 rings (SSSR count). The summed E-state index contributed by atoms with van der Waals surface area (Å²) in [5.74, 6) is 1.97. The number of aryl methyl sites for hydroxylation is 1. The van der Waals surface area contributed by atoms with Gasteiger partial charge in [-0.3, -0.25) is 0 Å². The molecule has 0 atom stereocenters. The molecule has 0 amide bonds. The standard InChI is InChI=1S/C20H21ClN2O5S/c1-26-17-12-14(9-10-18(17)29(2,24)25)13-19-22-20(28-23-19)8-5-11-27-16-7-4-3-6-15(16)21/h3-4,6-7,9-10,12H,5,8,11,13H2,1-2H3. The third kappa shape index (κ3) is 5.71. The minimum Gasteiger partial charge on any atom is -0.495 e. The number of aromatic nitrogens is 2. The predicted octanol–water partition coefficient (Wildman–Crippen LogP) is 3.74. The Labute approximate surface area is 174 Å². The van der Waals surface area contributed by atoms with Crippen LogP contribution in [0.1, 0.15) is 23.7 Å². The largest absolute Gasteiger partial charge is 0.495 e. The van der Waals surface area contributed by atoms with Crippen molar-refractivity contribution in [2.45, 2.75) is 24.2 Å². The van der Waals surface area contributed by atoms with Gasteiger partial charge >= 0.3 is 0 Å². The van der Waals surface area contributed by atoms with Crippen molar-refractivity contribution in [1.29, 1.82) is 0 Å². The lowest BCUT2D eigenvalue weighted by Gasteiger charge is -2.08. The Hall–Kier alpha value is -2.58. The average molecular weight is 437 g/mol. The summed E-state index contributed by atoms with van der Waals surface area (Å²) >= 11 is 6.05. The van der Waals surface area contributed by atoms with Gasteiger partial charge in [0.05, 0.1) is 18.7 Å². The van der Waals surface area contributed by atoms with Gasteiger partial charge in [0.25, 0.3) is 0 Å². The third-order valence-corrected chi connectivity index (χ3v) is 5.58. The fourth-order valence-corrected chi connectivity index (χ4v) is 3.75. The van der Waals surface area contributed by atoms with E-state index in [9.17, 15) is 8.42 Å². The van der Waals surface area contributed by atoms with Gasteiger partial charge in [0.1, 0.15) is 16.4 Å². The number of sulfone groups is 1. The lowest BCUT2D eigenvalue weighted by atomic mass is 10.1. The summed E-state index contributed by atoms with van der Waals surface area (Å²) in [5.41, 5.74) is 0.823. The van der Waals surface area contributed by atoms with Crippen molar-refractivity contribution in [3.63, 3.8) is 0 Å². The maximum atomic E-state index is 11.8. The molecule has 0 spiro atoms. The van der Waals surface area contributed by atoms with Crippen LogP contribution in [-0.2, 0) is 22.7 Å². The highest BCUT2D eigenvalue weighted by Gasteiger charge is 2.15. The molecular formula is C20H21ClN2O5S. The topological polar surface area (TPSA) is 91.5 Å². The molecule has 1 heterocycles. The molecule has 0 radical (unpaired) electrons. The molecule has 0 unspecified atom stereocenters. The molecule has 0 saturated heterocycles. The van der Waals surface area contributed by atoms with Gasteiger partial charge in [0, 0.05) is 19.1 Å². The molecule has 0 saturated carbocycles. The number of hydrogen-bond donors (Lipinski definition) is 0. The van der Waals surface area contributed by atoms with Crippen molar-refractivity contribution in [3.05, 3.63) is 64.8 Å². The highest BCUT2D eigenvalue weighted by atomic mass is 35.5. The summed E-state index contributed by atoms with van der Waals surface area (Å²) in [7, 11) is -1.93. The summed E-state index contributed by atoms with van der Waals surface area (Å²) < 4.78 is 39.7. The van der Waals surface area contributed by atoms with Gasteiger partial charge in [-0.25, -0.2) is 8.42 Å². The molecule has 0 aliphatic rings. The molecule has 0 aliphatic carbocycles. The highest BCUT2D eigenvalue weighted by molar-refractivity contribution is 7.90. The van der Waals surface area contributed by atoms with Crippen LogP contribution in [0.4, 0.5) is 0 Å². The number of halogens is 1. The number of para-hydroxylation sites is 1. The van der Waals surface area contributed by atoms with Gasteiger partial charge in [-0.2, -0.15) is 4.98 Å². The Balaban J connectivity index is 1.56.